The molecular weight excluding hydrogens is 256 g/mol. The van der Waals surface area contributed by atoms with E-state index in [0.717, 1.165) is 42.8 Å². The van der Waals surface area contributed by atoms with E-state index in [2.05, 4.69) is 15.5 Å². The summed E-state index contributed by atoms with van der Waals surface area (Å²) in [6.07, 6.45) is 7.50. The Morgan fingerprint density at radius 3 is 2.30 bits per heavy atom. The molecule has 4 aliphatic rings. The fraction of sp³-hybridized carbons (Fsp3) is 0.857. The van der Waals surface area contributed by atoms with Crippen molar-refractivity contribution in [2.45, 2.75) is 56.9 Å². The fourth-order valence-electron chi connectivity index (χ4n) is 5.29. The molecule has 1 atom stereocenters. The van der Waals surface area contributed by atoms with Crippen LogP contribution in [-0.4, -0.2) is 31.3 Å². The summed E-state index contributed by atoms with van der Waals surface area (Å²) < 4.78 is 1.55. The molecule has 4 fully saturated rings. The minimum Gasteiger partial charge on any atom is -0.480 e. The van der Waals surface area contributed by atoms with Crippen LogP contribution in [0.4, 0.5) is 0 Å². The van der Waals surface area contributed by atoms with Gasteiger partial charge in [-0.25, -0.2) is 9.48 Å². The molecule has 0 spiro atoms. The number of nitrogens with zero attached hydrogens (tertiary/aromatic N) is 4. The number of carboxylic acids is 1. The van der Waals surface area contributed by atoms with Crippen LogP contribution in [0.2, 0.25) is 0 Å². The normalized spacial score (nSPS) is 40.0. The first kappa shape index (κ1) is 12.3. The van der Waals surface area contributed by atoms with Crippen molar-refractivity contribution in [1.82, 2.24) is 20.2 Å². The van der Waals surface area contributed by atoms with E-state index in [9.17, 15) is 9.90 Å². The first-order chi connectivity index (χ1) is 9.57. The maximum Gasteiger partial charge on any atom is 0.328 e. The molecule has 6 heteroatoms. The minimum absolute atomic E-state index is 0.0436. The van der Waals surface area contributed by atoms with E-state index in [1.165, 1.54) is 19.3 Å². The summed E-state index contributed by atoms with van der Waals surface area (Å²) in [5.74, 6) is 2.35. The lowest BCUT2D eigenvalue weighted by molar-refractivity contribution is -0.140. The Morgan fingerprint density at radius 1 is 1.25 bits per heavy atom. The molecule has 0 saturated heterocycles. The van der Waals surface area contributed by atoms with Gasteiger partial charge >= 0.3 is 5.97 Å². The van der Waals surface area contributed by atoms with Gasteiger partial charge < -0.3 is 5.11 Å². The van der Waals surface area contributed by atoms with Gasteiger partial charge in [0.1, 0.15) is 6.04 Å². The largest absolute Gasteiger partial charge is 0.480 e. The van der Waals surface area contributed by atoms with Crippen LogP contribution in [0.1, 0.15) is 57.3 Å². The highest BCUT2D eigenvalue weighted by Gasteiger charge is 2.54. The SMILES string of the molecule is CC(C(=O)O)n1nnnc1C12CC3CC(CC(C3)C1)C2. The first-order valence-corrected chi connectivity index (χ1v) is 7.58. The summed E-state index contributed by atoms with van der Waals surface area (Å²) in [4.78, 5) is 11.3. The Balaban J connectivity index is 1.74. The van der Waals surface area contributed by atoms with Gasteiger partial charge in [0.25, 0.3) is 0 Å². The van der Waals surface area contributed by atoms with E-state index >= 15 is 0 Å². The Bertz CT molecular complexity index is 518. The minimum atomic E-state index is -0.872. The van der Waals surface area contributed by atoms with Crippen LogP contribution in [0.5, 0.6) is 0 Å². The highest BCUT2D eigenvalue weighted by molar-refractivity contribution is 5.71. The van der Waals surface area contributed by atoms with E-state index < -0.39 is 12.0 Å². The average Bonchev–Trinajstić information content (AvgIpc) is 2.85. The van der Waals surface area contributed by atoms with E-state index in [4.69, 9.17) is 0 Å². The van der Waals surface area contributed by atoms with Gasteiger partial charge in [0.05, 0.1) is 0 Å². The number of carboxylic acid groups (broad SMARTS) is 1. The quantitative estimate of drug-likeness (QED) is 0.910. The Labute approximate surface area is 117 Å². The molecule has 4 aliphatic carbocycles. The van der Waals surface area contributed by atoms with E-state index in [1.54, 1.807) is 11.6 Å². The number of hydrogen-bond donors (Lipinski definition) is 1. The predicted molar refractivity (Wildman–Crippen MR) is 70.0 cm³/mol. The summed E-state index contributed by atoms with van der Waals surface area (Å²) in [6, 6.07) is -0.687. The Hall–Kier alpha value is -1.46. The zero-order chi connectivity index (χ0) is 13.9. The van der Waals surface area contributed by atoms with Crippen molar-refractivity contribution in [3.05, 3.63) is 5.82 Å². The maximum atomic E-state index is 11.3. The van der Waals surface area contributed by atoms with E-state index in [-0.39, 0.29) is 5.41 Å². The third-order valence-electron chi connectivity index (χ3n) is 5.73. The van der Waals surface area contributed by atoms with Gasteiger partial charge in [-0.3, -0.25) is 0 Å². The van der Waals surface area contributed by atoms with Crippen LogP contribution < -0.4 is 0 Å². The molecule has 108 valence electrons. The topological polar surface area (TPSA) is 80.9 Å². The van der Waals surface area contributed by atoms with Crippen LogP contribution in [0.25, 0.3) is 0 Å². The van der Waals surface area contributed by atoms with E-state index in [1.807, 2.05) is 0 Å². The van der Waals surface area contributed by atoms with Crippen molar-refractivity contribution < 1.29 is 9.90 Å². The predicted octanol–water partition coefficient (Wildman–Crippen LogP) is 1.79. The molecule has 4 bridgehead atoms. The Morgan fingerprint density at radius 2 is 1.80 bits per heavy atom. The third kappa shape index (κ3) is 1.63. The van der Waals surface area contributed by atoms with Crippen LogP contribution in [0.3, 0.4) is 0 Å². The summed E-state index contributed by atoms with van der Waals surface area (Å²) in [5.41, 5.74) is 0.0436. The summed E-state index contributed by atoms with van der Waals surface area (Å²) in [5, 5.41) is 21.2. The number of tetrazole rings is 1. The standard InChI is InChI=1S/C14H20N4O2/c1-8(12(19)20)18-13(15-16-17-18)14-5-9-2-10(6-14)4-11(3-9)7-14/h8-11H,2-7H2,1H3,(H,19,20). The molecule has 1 aromatic rings. The highest BCUT2D eigenvalue weighted by atomic mass is 16.4. The summed E-state index contributed by atoms with van der Waals surface area (Å²) in [6.45, 7) is 1.66. The first-order valence-electron chi connectivity index (χ1n) is 7.58. The fourth-order valence-corrected chi connectivity index (χ4v) is 5.29. The third-order valence-corrected chi connectivity index (χ3v) is 5.73. The van der Waals surface area contributed by atoms with Gasteiger partial charge in [-0.05, 0) is 73.6 Å². The number of rotatable bonds is 3. The van der Waals surface area contributed by atoms with Gasteiger partial charge in [-0.2, -0.15) is 0 Å². The highest BCUT2D eigenvalue weighted by Crippen LogP contribution is 2.60. The zero-order valence-corrected chi connectivity index (χ0v) is 11.7. The van der Waals surface area contributed by atoms with Crippen LogP contribution in [-0.2, 0) is 10.2 Å². The van der Waals surface area contributed by atoms with Gasteiger partial charge in [0.2, 0.25) is 0 Å². The van der Waals surface area contributed by atoms with Gasteiger partial charge in [-0.1, -0.05) is 0 Å². The second-order valence-electron chi connectivity index (χ2n) is 7.16. The summed E-state index contributed by atoms with van der Waals surface area (Å²) >= 11 is 0. The van der Waals surface area contributed by atoms with Gasteiger partial charge in [-0.15, -0.1) is 5.10 Å². The van der Waals surface area contributed by atoms with Crippen molar-refractivity contribution in [2.24, 2.45) is 17.8 Å². The molecule has 0 aromatic carbocycles. The molecule has 5 rings (SSSR count). The van der Waals surface area contributed by atoms with Crippen LogP contribution in [0.15, 0.2) is 0 Å². The lowest BCUT2D eigenvalue weighted by Crippen LogP contribution is -2.50. The zero-order valence-electron chi connectivity index (χ0n) is 11.7. The molecule has 0 aliphatic heterocycles. The average molecular weight is 276 g/mol. The van der Waals surface area contributed by atoms with Crippen molar-refractivity contribution in [2.75, 3.05) is 0 Å². The van der Waals surface area contributed by atoms with Crippen LogP contribution in [0, 0.1) is 17.8 Å². The van der Waals surface area contributed by atoms with Crippen LogP contribution >= 0.6 is 0 Å². The molecule has 6 nitrogen and oxygen atoms in total. The van der Waals surface area contributed by atoms with Crippen molar-refractivity contribution >= 4 is 5.97 Å². The van der Waals surface area contributed by atoms with Gasteiger partial charge in [0.15, 0.2) is 5.82 Å². The molecule has 0 radical (unpaired) electrons. The molecular formula is C14H20N4O2. The molecule has 1 N–H and O–H groups in total. The molecule has 1 heterocycles. The second-order valence-corrected chi connectivity index (χ2v) is 7.16. The molecule has 4 saturated carbocycles. The van der Waals surface area contributed by atoms with Crippen molar-refractivity contribution in [3.63, 3.8) is 0 Å². The van der Waals surface area contributed by atoms with Crippen molar-refractivity contribution in [1.29, 1.82) is 0 Å². The monoisotopic (exact) mass is 276 g/mol. The number of aliphatic carboxylic acids is 1. The number of hydrogen-bond acceptors (Lipinski definition) is 4. The second kappa shape index (κ2) is 4.02. The molecule has 1 unspecified atom stereocenters. The Kier molecular flexibility index (Phi) is 2.47. The number of carbonyl (C=O) groups is 1. The lowest BCUT2D eigenvalue weighted by atomic mass is 9.49. The maximum absolute atomic E-state index is 11.3. The smallest absolute Gasteiger partial charge is 0.328 e. The van der Waals surface area contributed by atoms with Crippen molar-refractivity contribution in [3.8, 4) is 0 Å². The molecule has 20 heavy (non-hydrogen) atoms. The van der Waals surface area contributed by atoms with E-state index in [0.29, 0.717) is 0 Å². The van der Waals surface area contributed by atoms with Gasteiger partial charge in [0, 0.05) is 5.41 Å². The molecule has 0 amide bonds. The molecule has 1 aromatic heterocycles. The summed E-state index contributed by atoms with van der Waals surface area (Å²) in [7, 11) is 0. The number of aromatic nitrogens is 4. The lowest BCUT2D eigenvalue weighted by Gasteiger charge is -2.56.